The van der Waals surface area contributed by atoms with Gasteiger partial charge in [0.05, 0.1) is 12.9 Å². The number of hydrogen-bond donors (Lipinski definition) is 1. The van der Waals surface area contributed by atoms with Crippen LogP contribution in [0.3, 0.4) is 0 Å². The smallest absolute Gasteiger partial charge is 0.244 e. The molecule has 0 radical (unpaired) electrons. The van der Waals surface area contributed by atoms with E-state index < -0.39 is 0 Å². The van der Waals surface area contributed by atoms with Crippen LogP contribution < -0.4 is 10.1 Å². The number of nitrogens with one attached hydrogen (secondary N) is 1. The molecule has 0 unspecified atom stereocenters. The van der Waals surface area contributed by atoms with Crippen LogP contribution in [-0.2, 0) is 4.79 Å². The zero-order valence-electron chi connectivity index (χ0n) is 17.2. The number of hydrogen-bond acceptors (Lipinski definition) is 3. The van der Waals surface area contributed by atoms with E-state index in [-0.39, 0.29) is 11.7 Å². The molecule has 2 aromatic carbocycles. The van der Waals surface area contributed by atoms with Crippen molar-refractivity contribution in [3.8, 4) is 16.9 Å². The fourth-order valence-electron chi connectivity index (χ4n) is 3.12. The van der Waals surface area contributed by atoms with Gasteiger partial charge in [0.1, 0.15) is 17.1 Å². The zero-order chi connectivity index (χ0) is 21.0. The van der Waals surface area contributed by atoms with Crippen LogP contribution in [0.5, 0.6) is 5.75 Å². The number of carbonyl (C=O) groups excluding carboxylic acids is 1. The fourth-order valence-corrected chi connectivity index (χ4v) is 3.12. The first-order chi connectivity index (χ1) is 13.9. The molecule has 3 aromatic rings. The van der Waals surface area contributed by atoms with Gasteiger partial charge in [-0.05, 0) is 49.1 Å². The molecule has 5 heteroatoms. The lowest BCUT2D eigenvalue weighted by molar-refractivity contribution is -0.116. The Labute approximate surface area is 170 Å². The Morgan fingerprint density at radius 2 is 1.97 bits per heavy atom. The summed E-state index contributed by atoms with van der Waals surface area (Å²) >= 11 is 0. The SMILES string of the molecule is CCOc1cc2occ(-c3ccc(F)cc3)c2cc1/C(C)=C/C(=O)NCC(C)C. The second-order valence-electron chi connectivity index (χ2n) is 7.40. The summed E-state index contributed by atoms with van der Waals surface area (Å²) in [5, 5.41) is 3.78. The number of amides is 1. The van der Waals surface area contributed by atoms with Crippen molar-refractivity contribution in [1.29, 1.82) is 0 Å². The van der Waals surface area contributed by atoms with Gasteiger partial charge < -0.3 is 14.5 Å². The maximum atomic E-state index is 13.3. The molecule has 4 nitrogen and oxygen atoms in total. The van der Waals surface area contributed by atoms with E-state index in [1.165, 1.54) is 12.1 Å². The van der Waals surface area contributed by atoms with E-state index in [1.54, 1.807) is 24.5 Å². The van der Waals surface area contributed by atoms with Gasteiger partial charge >= 0.3 is 0 Å². The minimum atomic E-state index is -0.285. The fraction of sp³-hybridized carbons (Fsp3) is 0.292. The van der Waals surface area contributed by atoms with Crippen LogP contribution in [0.4, 0.5) is 4.39 Å². The summed E-state index contributed by atoms with van der Waals surface area (Å²) in [4.78, 5) is 12.3. The Morgan fingerprint density at radius 3 is 2.62 bits per heavy atom. The molecule has 0 aliphatic rings. The highest BCUT2D eigenvalue weighted by Gasteiger charge is 2.15. The van der Waals surface area contributed by atoms with Crippen molar-refractivity contribution >= 4 is 22.4 Å². The summed E-state index contributed by atoms with van der Waals surface area (Å²) in [6.45, 7) is 9.01. The Kier molecular flexibility index (Phi) is 6.37. The van der Waals surface area contributed by atoms with Gasteiger partial charge in [-0.15, -0.1) is 0 Å². The maximum Gasteiger partial charge on any atom is 0.244 e. The summed E-state index contributed by atoms with van der Waals surface area (Å²) in [7, 11) is 0. The summed E-state index contributed by atoms with van der Waals surface area (Å²) in [6, 6.07) is 10.1. The predicted molar refractivity (Wildman–Crippen MR) is 114 cm³/mol. The molecule has 3 rings (SSSR count). The molecule has 0 saturated heterocycles. The zero-order valence-corrected chi connectivity index (χ0v) is 17.2. The van der Waals surface area contributed by atoms with Crippen molar-refractivity contribution in [3.05, 3.63) is 60.1 Å². The van der Waals surface area contributed by atoms with Crippen molar-refractivity contribution in [2.24, 2.45) is 5.92 Å². The average Bonchev–Trinajstić information content (AvgIpc) is 3.09. The van der Waals surface area contributed by atoms with Crippen LogP contribution >= 0.6 is 0 Å². The first kappa shape index (κ1) is 20.6. The van der Waals surface area contributed by atoms with Gasteiger partial charge in [0.2, 0.25) is 5.91 Å². The highest BCUT2D eigenvalue weighted by atomic mass is 19.1. The minimum absolute atomic E-state index is 0.135. The Morgan fingerprint density at radius 1 is 1.24 bits per heavy atom. The first-order valence-corrected chi connectivity index (χ1v) is 9.79. The molecule has 0 fully saturated rings. The van der Waals surface area contributed by atoms with Gasteiger partial charge in [0.25, 0.3) is 0 Å². The average molecular weight is 395 g/mol. The molecule has 0 saturated carbocycles. The number of carbonyl (C=O) groups is 1. The number of allylic oxidation sites excluding steroid dienone is 1. The number of ether oxygens (including phenoxy) is 1. The highest BCUT2D eigenvalue weighted by molar-refractivity contribution is 6.00. The molecule has 0 aliphatic carbocycles. The molecule has 1 amide bonds. The summed E-state index contributed by atoms with van der Waals surface area (Å²) < 4.78 is 24.8. The second kappa shape index (κ2) is 8.95. The van der Waals surface area contributed by atoms with Gasteiger partial charge in [0.15, 0.2) is 0 Å². The third kappa shape index (κ3) is 4.86. The quantitative estimate of drug-likeness (QED) is 0.513. The van der Waals surface area contributed by atoms with Crippen LogP contribution in [0.2, 0.25) is 0 Å². The number of rotatable bonds is 7. The van der Waals surface area contributed by atoms with E-state index >= 15 is 0 Å². The summed E-state index contributed by atoms with van der Waals surface area (Å²) in [5.74, 6) is 0.620. The monoisotopic (exact) mass is 395 g/mol. The number of halogens is 1. The molecule has 0 bridgehead atoms. The van der Waals surface area contributed by atoms with Crippen LogP contribution in [-0.4, -0.2) is 19.1 Å². The van der Waals surface area contributed by atoms with Crippen LogP contribution in [0.1, 0.15) is 33.3 Å². The van der Waals surface area contributed by atoms with E-state index in [0.29, 0.717) is 30.4 Å². The minimum Gasteiger partial charge on any atom is -0.493 e. The van der Waals surface area contributed by atoms with Crippen LogP contribution in [0, 0.1) is 11.7 Å². The third-order valence-corrected chi connectivity index (χ3v) is 4.59. The summed E-state index contributed by atoms with van der Waals surface area (Å²) in [5.41, 5.74) is 4.01. The molecular weight excluding hydrogens is 369 g/mol. The van der Waals surface area contributed by atoms with Gasteiger partial charge in [0, 0.05) is 35.2 Å². The van der Waals surface area contributed by atoms with Crippen molar-refractivity contribution < 1.29 is 18.3 Å². The molecule has 1 N–H and O–H groups in total. The lowest BCUT2D eigenvalue weighted by atomic mass is 9.99. The molecule has 1 heterocycles. The van der Waals surface area contributed by atoms with E-state index in [1.807, 2.05) is 39.8 Å². The number of benzene rings is 2. The Bertz CT molecular complexity index is 1030. The molecular formula is C24H26FNO3. The second-order valence-corrected chi connectivity index (χ2v) is 7.40. The molecule has 0 spiro atoms. The van der Waals surface area contributed by atoms with Crippen LogP contribution in [0.25, 0.3) is 27.7 Å². The van der Waals surface area contributed by atoms with Crippen LogP contribution in [0.15, 0.2) is 53.2 Å². The van der Waals surface area contributed by atoms with Gasteiger partial charge in [-0.25, -0.2) is 4.39 Å². The number of fused-ring (bicyclic) bond motifs is 1. The standard InChI is InChI=1S/C24H26FNO3/c1-5-28-22-12-23-20(21(14-29-23)17-6-8-18(25)9-7-17)11-19(22)16(4)10-24(27)26-13-15(2)3/h6-12,14-15H,5,13H2,1-4H3,(H,26,27)/b16-10+. The van der Waals surface area contributed by atoms with Gasteiger partial charge in [-0.1, -0.05) is 26.0 Å². The normalized spacial score (nSPS) is 11.9. The first-order valence-electron chi connectivity index (χ1n) is 9.79. The van der Waals surface area contributed by atoms with Gasteiger partial charge in [-0.2, -0.15) is 0 Å². The van der Waals surface area contributed by atoms with E-state index in [4.69, 9.17) is 9.15 Å². The molecule has 29 heavy (non-hydrogen) atoms. The van der Waals surface area contributed by atoms with E-state index in [9.17, 15) is 9.18 Å². The lowest BCUT2D eigenvalue weighted by Gasteiger charge is -2.12. The molecule has 152 valence electrons. The Balaban J connectivity index is 2.04. The van der Waals surface area contributed by atoms with Crippen molar-refractivity contribution in [1.82, 2.24) is 5.32 Å². The molecule has 0 aliphatic heterocycles. The predicted octanol–water partition coefficient (Wildman–Crippen LogP) is 5.81. The van der Waals surface area contributed by atoms with Crippen molar-refractivity contribution in [3.63, 3.8) is 0 Å². The summed E-state index contributed by atoms with van der Waals surface area (Å²) in [6.07, 6.45) is 3.25. The van der Waals surface area contributed by atoms with Gasteiger partial charge in [-0.3, -0.25) is 4.79 Å². The van der Waals surface area contributed by atoms with E-state index in [2.05, 4.69) is 5.32 Å². The third-order valence-electron chi connectivity index (χ3n) is 4.59. The molecule has 1 aromatic heterocycles. The largest absolute Gasteiger partial charge is 0.493 e. The highest BCUT2D eigenvalue weighted by Crippen LogP contribution is 2.37. The number of furan rings is 1. The maximum absolute atomic E-state index is 13.3. The van der Waals surface area contributed by atoms with Crippen molar-refractivity contribution in [2.45, 2.75) is 27.7 Å². The lowest BCUT2D eigenvalue weighted by Crippen LogP contribution is -2.25. The topological polar surface area (TPSA) is 51.5 Å². The van der Waals surface area contributed by atoms with E-state index in [0.717, 1.165) is 27.6 Å². The Hall–Kier alpha value is -3.08. The van der Waals surface area contributed by atoms with Crippen molar-refractivity contribution in [2.75, 3.05) is 13.2 Å². The molecule has 0 atom stereocenters.